The number of hydrogen-bond donors (Lipinski definition) is 1. The molecule has 160 valence electrons. The van der Waals surface area contributed by atoms with Gasteiger partial charge in [0.15, 0.2) is 0 Å². The molecular formula is C24H34ClNO3. The number of carbonyl (C=O) groups is 1. The van der Waals surface area contributed by atoms with Gasteiger partial charge in [-0.1, -0.05) is 50.2 Å². The first-order valence-electron chi connectivity index (χ1n) is 10.0. The van der Waals surface area contributed by atoms with Gasteiger partial charge >= 0.3 is 5.97 Å². The lowest BCUT2D eigenvalue weighted by Gasteiger charge is -2.30. The molecule has 0 radical (unpaired) electrons. The van der Waals surface area contributed by atoms with Gasteiger partial charge in [-0.3, -0.25) is 0 Å². The number of aryl methyl sites for hydroxylation is 1. The van der Waals surface area contributed by atoms with E-state index in [4.69, 9.17) is 4.74 Å². The third kappa shape index (κ3) is 5.19. The van der Waals surface area contributed by atoms with Crippen molar-refractivity contribution < 1.29 is 14.6 Å². The Morgan fingerprint density at radius 1 is 1.00 bits per heavy atom. The van der Waals surface area contributed by atoms with Crippen molar-refractivity contribution in [2.45, 2.75) is 47.1 Å². The third-order valence-corrected chi connectivity index (χ3v) is 5.89. The fourth-order valence-corrected chi connectivity index (χ4v) is 3.56. The van der Waals surface area contributed by atoms with Crippen molar-refractivity contribution in [2.24, 2.45) is 0 Å². The number of aliphatic hydroxyl groups is 1. The van der Waals surface area contributed by atoms with Crippen molar-refractivity contribution in [3.63, 3.8) is 0 Å². The van der Waals surface area contributed by atoms with E-state index in [0.29, 0.717) is 17.7 Å². The lowest BCUT2D eigenvalue weighted by Crippen LogP contribution is -2.41. The molecule has 29 heavy (non-hydrogen) atoms. The molecule has 0 fully saturated rings. The van der Waals surface area contributed by atoms with Crippen LogP contribution in [-0.4, -0.2) is 42.2 Å². The number of esters is 1. The van der Waals surface area contributed by atoms with Crippen LogP contribution in [0.5, 0.6) is 0 Å². The summed E-state index contributed by atoms with van der Waals surface area (Å²) in [5, 5.41) is 11.7. The summed E-state index contributed by atoms with van der Waals surface area (Å²) in [4.78, 5) is 15.4. The molecule has 0 spiro atoms. The van der Waals surface area contributed by atoms with E-state index in [9.17, 15) is 9.90 Å². The van der Waals surface area contributed by atoms with Gasteiger partial charge < -0.3 is 14.7 Å². The summed E-state index contributed by atoms with van der Waals surface area (Å²) in [7, 11) is 0. The van der Waals surface area contributed by atoms with Gasteiger partial charge in [-0.15, -0.1) is 12.4 Å². The van der Waals surface area contributed by atoms with Crippen LogP contribution < -0.4 is 0 Å². The van der Waals surface area contributed by atoms with Crippen LogP contribution in [0.2, 0.25) is 0 Å². The lowest BCUT2D eigenvalue weighted by atomic mass is 9.80. The van der Waals surface area contributed by atoms with Gasteiger partial charge in [-0.05, 0) is 68.6 Å². The van der Waals surface area contributed by atoms with E-state index < -0.39 is 11.6 Å². The Balaban J connectivity index is 0.00000420. The molecule has 0 heterocycles. The zero-order valence-electron chi connectivity index (χ0n) is 18.4. The second-order valence-electron chi connectivity index (χ2n) is 7.36. The van der Waals surface area contributed by atoms with E-state index >= 15 is 0 Å². The summed E-state index contributed by atoms with van der Waals surface area (Å²) >= 11 is 0. The largest absolute Gasteiger partial charge is 0.462 e. The van der Waals surface area contributed by atoms with E-state index in [1.165, 1.54) is 5.56 Å². The zero-order chi connectivity index (χ0) is 20.9. The molecule has 1 unspecified atom stereocenters. The molecule has 0 aromatic heterocycles. The van der Waals surface area contributed by atoms with Gasteiger partial charge in [0.1, 0.15) is 6.61 Å². The Labute approximate surface area is 181 Å². The number of ether oxygens (including phenoxy) is 1. The molecule has 0 aliphatic heterocycles. The number of rotatable bonds is 8. The van der Waals surface area contributed by atoms with Crippen LogP contribution >= 0.6 is 12.4 Å². The highest BCUT2D eigenvalue weighted by Crippen LogP contribution is 2.36. The standard InChI is InChI=1S/C24H33NO3.ClH/c1-7-25(8-2)14-15-28-23(26)24(27,21-12-10-9-11-13-21)22-16-17(3)18(4)19(5)20(22)6;/h9-13,16,27H,7-8,14-15H2,1-6H3;1H. The highest BCUT2D eigenvalue weighted by molar-refractivity contribution is 5.86. The topological polar surface area (TPSA) is 49.8 Å². The van der Waals surface area contributed by atoms with E-state index in [0.717, 1.165) is 29.8 Å². The predicted octanol–water partition coefficient (Wildman–Crippen LogP) is 4.46. The lowest BCUT2D eigenvalue weighted by molar-refractivity contribution is -0.162. The van der Waals surface area contributed by atoms with Crippen molar-refractivity contribution in [3.05, 3.63) is 69.8 Å². The van der Waals surface area contributed by atoms with Gasteiger partial charge in [0.2, 0.25) is 5.60 Å². The SMILES string of the molecule is CCN(CC)CCOC(=O)C(O)(c1ccccc1)c1cc(C)c(C)c(C)c1C.Cl. The molecule has 2 aromatic carbocycles. The van der Waals surface area contributed by atoms with Crippen LogP contribution in [0.25, 0.3) is 0 Å². The van der Waals surface area contributed by atoms with Crippen molar-refractivity contribution in [2.75, 3.05) is 26.2 Å². The summed E-state index contributed by atoms with van der Waals surface area (Å²) in [6, 6.07) is 11.0. The predicted molar refractivity (Wildman–Crippen MR) is 121 cm³/mol. The average Bonchev–Trinajstić information content (AvgIpc) is 2.72. The van der Waals surface area contributed by atoms with E-state index in [1.807, 2.05) is 45.0 Å². The Morgan fingerprint density at radius 3 is 2.14 bits per heavy atom. The number of benzene rings is 2. The molecular weight excluding hydrogens is 386 g/mol. The fraction of sp³-hybridized carbons (Fsp3) is 0.458. The molecule has 5 heteroatoms. The van der Waals surface area contributed by atoms with Crippen LogP contribution in [0.3, 0.4) is 0 Å². The Bertz CT molecular complexity index is 819. The van der Waals surface area contributed by atoms with Gasteiger partial charge in [0.05, 0.1) is 0 Å². The quantitative estimate of drug-likeness (QED) is 0.641. The maximum atomic E-state index is 13.2. The molecule has 2 aromatic rings. The fourth-order valence-electron chi connectivity index (χ4n) is 3.56. The minimum atomic E-state index is -1.84. The van der Waals surface area contributed by atoms with Crippen LogP contribution in [0.15, 0.2) is 36.4 Å². The van der Waals surface area contributed by atoms with Gasteiger partial charge in [-0.2, -0.15) is 0 Å². The van der Waals surface area contributed by atoms with E-state index in [1.54, 1.807) is 12.1 Å². The maximum Gasteiger partial charge on any atom is 0.347 e. The molecule has 1 atom stereocenters. The minimum absolute atomic E-state index is 0. The first-order chi connectivity index (χ1) is 13.3. The monoisotopic (exact) mass is 419 g/mol. The normalized spacial score (nSPS) is 13.0. The number of hydrogen-bond acceptors (Lipinski definition) is 4. The van der Waals surface area contributed by atoms with Crippen molar-refractivity contribution in [1.29, 1.82) is 0 Å². The molecule has 0 amide bonds. The Kier molecular flexibility index (Phi) is 9.34. The second-order valence-corrected chi connectivity index (χ2v) is 7.36. The first-order valence-corrected chi connectivity index (χ1v) is 10.0. The van der Waals surface area contributed by atoms with E-state index in [2.05, 4.69) is 25.7 Å². The summed E-state index contributed by atoms with van der Waals surface area (Å²) in [6.45, 7) is 14.9. The molecule has 0 saturated heterocycles. The van der Waals surface area contributed by atoms with Crippen molar-refractivity contribution >= 4 is 18.4 Å². The van der Waals surface area contributed by atoms with Crippen LogP contribution in [0.1, 0.15) is 47.2 Å². The second kappa shape index (κ2) is 10.8. The number of halogens is 1. The van der Waals surface area contributed by atoms with Gasteiger partial charge in [-0.25, -0.2) is 4.79 Å². The first kappa shape index (κ1) is 25.2. The number of carbonyl (C=O) groups excluding carboxylic acids is 1. The average molecular weight is 420 g/mol. The third-order valence-electron chi connectivity index (χ3n) is 5.89. The summed E-state index contributed by atoms with van der Waals surface area (Å²) in [6.07, 6.45) is 0. The number of likely N-dealkylation sites (N-methyl/N-ethyl adjacent to an activating group) is 1. The molecule has 2 rings (SSSR count). The Hall–Kier alpha value is -1.88. The molecule has 0 aliphatic carbocycles. The summed E-state index contributed by atoms with van der Waals surface area (Å²) in [5.41, 5.74) is 3.49. The highest BCUT2D eigenvalue weighted by Gasteiger charge is 2.43. The van der Waals surface area contributed by atoms with Crippen LogP contribution in [0, 0.1) is 27.7 Å². The van der Waals surface area contributed by atoms with Crippen LogP contribution in [0.4, 0.5) is 0 Å². The maximum absolute atomic E-state index is 13.2. The molecule has 0 bridgehead atoms. The van der Waals surface area contributed by atoms with Crippen molar-refractivity contribution in [3.8, 4) is 0 Å². The minimum Gasteiger partial charge on any atom is -0.462 e. The molecule has 1 N–H and O–H groups in total. The Morgan fingerprint density at radius 2 is 1.59 bits per heavy atom. The molecule has 0 saturated carbocycles. The smallest absolute Gasteiger partial charge is 0.347 e. The van der Waals surface area contributed by atoms with E-state index in [-0.39, 0.29) is 19.0 Å². The number of nitrogens with zero attached hydrogens (tertiary/aromatic N) is 1. The molecule has 0 aliphatic rings. The molecule has 4 nitrogen and oxygen atoms in total. The summed E-state index contributed by atoms with van der Waals surface area (Å²) < 4.78 is 5.58. The van der Waals surface area contributed by atoms with Gasteiger partial charge in [0.25, 0.3) is 0 Å². The summed E-state index contributed by atoms with van der Waals surface area (Å²) in [5.74, 6) is -0.628. The zero-order valence-corrected chi connectivity index (χ0v) is 19.2. The van der Waals surface area contributed by atoms with Gasteiger partial charge in [0, 0.05) is 12.1 Å². The highest BCUT2D eigenvalue weighted by atomic mass is 35.5. The van der Waals surface area contributed by atoms with Crippen LogP contribution in [-0.2, 0) is 15.1 Å². The van der Waals surface area contributed by atoms with Crippen molar-refractivity contribution in [1.82, 2.24) is 4.90 Å².